The van der Waals surface area contributed by atoms with E-state index in [1.807, 2.05) is 0 Å². The first-order chi connectivity index (χ1) is 6.04. The van der Waals surface area contributed by atoms with Crippen molar-refractivity contribution in [1.29, 1.82) is 0 Å². The van der Waals surface area contributed by atoms with Gasteiger partial charge in [0, 0.05) is 5.56 Å². The summed E-state index contributed by atoms with van der Waals surface area (Å²) in [7, 11) is 0. The Hall–Kier alpha value is -0.670. The Morgan fingerprint density at radius 1 is 1.31 bits per heavy atom. The van der Waals surface area contributed by atoms with Crippen LogP contribution in [0.3, 0.4) is 0 Å². The topological polar surface area (TPSA) is 17.1 Å². The van der Waals surface area contributed by atoms with E-state index in [2.05, 4.69) is 0 Å². The van der Waals surface area contributed by atoms with Crippen LogP contribution in [0.1, 0.15) is 10.4 Å². The van der Waals surface area contributed by atoms with Gasteiger partial charge in [-0.3, -0.25) is 4.79 Å². The van der Waals surface area contributed by atoms with Crippen molar-refractivity contribution in [2.45, 2.75) is 6.43 Å². The molecule has 0 heterocycles. The van der Waals surface area contributed by atoms with Crippen LogP contribution in [-0.4, -0.2) is 12.2 Å². The summed E-state index contributed by atoms with van der Waals surface area (Å²) >= 11 is 11.1. The summed E-state index contributed by atoms with van der Waals surface area (Å²) in [5, 5.41) is -0.0392. The zero-order chi connectivity index (χ0) is 10.0. The number of ketones is 1. The molecule has 0 aliphatic carbocycles. The quantitative estimate of drug-likeness (QED) is 0.704. The van der Waals surface area contributed by atoms with Crippen LogP contribution in [0.2, 0.25) is 10.0 Å². The van der Waals surface area contributed by atoms with E-state index in [-0.39, 0.29) is 15.6 Å². The van der Waals surface area contributed by atoms with Gasteiger partial charge in [-0.2, -0.15) is 0 Å². The van der Waals surface area contributed by atoms with Gasteiger partial charge in [0.05, 0.1) is 10.0 Å². The lowest BCUT2D eigenvalue weighted by Gasteiger charge is -2.02. The van der Waals surface area contributed by atoms with E-state index in [0.717, 1.165) is 0 Å². The second kappa shape index (κ2) is 4.03. The molecule has 1 rings (SSSR count). The molecule has 0 aromatic heterocycles. The summed E-state index contributed by atoms with van der Waals surface area (Å²) < 4.78 is 23.9. The van der Waals surface area contributed by atoms with Gasteiger partial charge in [0.2, 0.25) is 5.78 Å². The molecular formula is C8H4Cl2F2O. The molecule has 1 aromatic rings. The van der Waals surface area contributed by atoms with Crippen LogP contribution in [0.4, 0.5) is 8.78 Å². The monoisotopic (exact) mass is 224 g/mol. The highest BCUT2D eigenvalue weighted by molar-refractivity contribution is 6.44. The number of halogens is 4. The van der Waals surface area contributed by atoms with Gasteiger partial charge in [0.1, 0.15) is 0 Å². The van der Waals surface area contributed by atoms with Crippen LogP contribution >= 0.6 is 23.2 Å². The van der Waals surface area contributed by atoms with Crippen molar-refractivity contribution in [2.24, 2.45) is 0 Å². The standard InChI is InChI=1S/C8H4Cl2F2O/c9-5-3-1-2-4(6(5)10)7(13)8(11)12/h1-3,8H. The molecule has 0 saturated heterocycles. The van der Waals surface area contributed by atoms with E-state index in [1.165, 1.54) is 18.2 Å². The molecule has 0 bridgehead atoms. The van der Waals surface area contributed by atoms with E-state index in [1.54, 1.807) is 0 Å². The number of carbonyl (C=O) groups is 1. The first kappa shape index (κ1) is 10.4. The predicted octanol–water partition coefficient (Wildman–Crippen LogP) is 3.44. The fourth-order valence-electron chi connectivity index (χ4n) is 0.812. The van der Waals surface area contributed by atoms with E-state index >= 15 is 0 Å². The Morgan fingerprint density at radius 2 is 1.92 bits per heavy atom. The lowest BCUT2D eigenvalue weighted by Crippen LogP contribution is -2.10. The van der Waals surface area contributed by atoms with Crippen molar-refractivity contribution in [3.63, 3.8) is 0 Å². The third-order valence-electron chi connectivity index (χ3n) is 1.42. The molecule has 0 radical (unpaired) electrons. The molecule has 0 aliphatic rings. The van der Waals surface area contributed by atoms with Gasteiger partial charge < -0.3 is 0 Å². The Balaban J connectivity index is 3.15. The summed E-state index contributed by atoms with van der Waals surface area (Å²) in [5.41, 5.74) is -0.246. The van der Waals surface area contributed by atoms with Crippen molar-refractivity contribution >= 4 is 29.0 Å². The highest BCUT2D eigenvalue weighted by atomic mass is 35.5. The molecule has 0 N–H and O–H groups in total. The molecule has 70 valence electrons. The largest absolute Gasteiger partial charge is 0.300 e. The number of Topliss-reactive ketones (excluding diaryl/α,β-unsaturated/α-hetero) is 1. The van der Waals surface area contributed by atoms with Crippen molar-refractivity contribution in [1.82, 2.24) is 0 Å². The van der Waals surface area contributed by atoms with Gasteiger partial charge in [-0.15, -0.1) is 0 Å². The van der Waals surface area contributed by atoms with Crippen molar-refractivity contribution in [3.05, 3.63) is 33.8 Å². The average molecular weight is 225 g/mol. The number of hydrogen-bond acceptors (Lipinski definition) is 1. The van der Waals surface area contributed by atoms with E-state index in [9.17, 15) is 13.6 Å². The molecule has 0 atom stereocenters. The summed E-state index contributed by atoms with van der Waals surface area (Å²) in [4.78, 5) is 10.8. The maximum Gasteiger partial charge on any atom is 0.300 e. The Kier molecular flexibility index (Phi) is 3.22. The fourth-order valence-corrected chi connectivity index (χ4v) is 1.21. The van der Waals surface area contributed by atoms with Gasteiger partial charge in [0.15, 0.2) is 0 Å². The normalized spacial score (nSPS) is 10.5. The lowest BCUT2D eigenvalue weighted by atomic mass is 10.1. The summed E-state index contributed by atoms with van der Waals surface area (Å²) in [5.74, 6) is -1.31. The van der Waals surface area contributed by atoms with E-state index < -0.39 is 12.2 Å². The van der Waals surface area contributed by atoms with Crippen molar-refractivity contribution < 1.29 is 13.6 Å². The maximum atomic E-state index is 12.0. The van der Waals surface area contributed by atoms with Crippen LogP contribution in [0.25, 0.3) is 0 Å². The van der Waals surface area contributed by atoms with E-state index in [4.69, 9.17) is 23.2 Å². The number of alkyl halides is 2. The molecule has 13 heavy (non-hydrogen) atoms. The van der Waals surface area contributed by atoms with Gasteiger partial charge in [-0.1, -0.05) is 29.3 Å². The maximum absolute atomic E-state index is 12.0. The third-order valence-corrected chi connectivity index (χ3v) is 2.23. The second-order valence-corrected chi connectivity index (χ2v) is 3.05. The molecule has 1 nitrogen and oxygen atoms in total. The van der Waals surface area contributed by atoms with Gasteiger partial charge in [0.25, 0.3) is 0 Å². The third kappa shape index (κ3) is 2.17. The molecular weight excluding hydrogens is 221 g/mol. The Bertz CT molecular complexity index is 339. The predicted molar refractivity (Wildman–Crippen MR) is 46.8 cm³/mol. The molecule has 0 spiro atoms. The number of carbonyl (C=O) groups excluding carboxylic acids is 1. The zero-order valence-corrected chi connectivity index (χ0v) is 7.74. The van der Waals surface area contributed by atoms with Crippen LogP contribution in [0, 0.1) is 0 Å². The van der Waals surface area contributed by atoms with Crippen molar-refractivity contribution in [2.75, 3.05) is 0 Å². The fraction of sp³-hybridized carbons (Fsp3) is 0.125. The van der Waals surface area contributed by atoms with Crippen LogP contribution in [-0.2, 0) is 0 Å². The summed E-state index contributed by atoms with van der Waals surface area (Å²) in [6.45, 7) is 0. The highest BCUT2D eigenvalue weighted by Crippen LogP contribution is 2.26. The van der Waals surface area contributed by atoms with Crippen LogP contribution in [0.5, 0.6) is 0 Å². The average Bonchev–Trinajstić information content (AvgIpc) is 2.08. The molecule has 1 aromatic carbocycles. The minimum atomic E-state index is -3.06. The number of benzene rings is 1. The number of rotatable bonds is 2. The first-order valence-electron chi connectivity index (χ1n) is 3.30. The van der Waals surface area contributed by atoms with Crippen LogP contribution < -0.4 is 0 Å². The summed E-state index contributed by atoms with van der Waals surface area (Å²) in [6, 6.07) is 4.03. The lowest BCUT2D eigenvalue weighted by molar-refractivity contribution is 0.0679. The molecule has 0 amide bonds. The molecule has 0 unspecified atom stereocenters. The number of hydrogen-bond donors (Lipinski definition) is 0. The SMILES string of the molecule is O=C(c1cccc(Cl)c1Cl)C(F)F. The van der Waals surface area contributed by atoms with Gasteiger partial charge in [-0.25, -0.2) is 8.78 Å². The first-order valence-corrected chi connectivity index (χ1v) is 4.06. The molecule has 0 saturated carbocycles. The van der Waals surface area contributed by atoms with Gasteiger partial charge in [-0.05, 0) is 12.1 Å². The molecule has 0 aliphatic heterocycles. The molecule has 0 fully saturated rings. The summed E-state index contributed by atoms with van der Waals surface area (Å²) in [6.07, 6.45) is -3.06. The van der Waals surface area contributed by atoms with Crippen molar-refractivity contribution in [3.8, 4) is 0 Å². The minimum Gasteiger partial charge on any atom is -0.288 e. The van der Waals surface area contributed by atoms with Gasteiger partial charge >= 0.3 is 6.43 Å². The van der Waals surface area contributed by atoms with Crippen LogP contribution in [0.15, 0.2) is 18.2 Å². The zero-order valence-electron chi connectivity index (χ0n) is 6.23. The molecule has 5 heteroatoms. The smallest absolute Gasteiger partial charge is 0.288 e. The second-order valence-electron chi connectivity index (χ2n) is 2.27. The Morgan fingerprint density at radius 3 is 2.46 bits per heavy atom. The highest BCUT2D eigenvalue weighted by Gasteiger charge is 2.21. The Labute approximate surface area is 83.3 Å². The minimum absolute atomic E-state index is 0.0909. The van der Waals surface area contributed by atoms with E-state index in [0.29, 0.717) is 0 Å².